The van der Waals surface area contributed by atoms with E-state index in [1.165, 1.54) is 6.07 Å². The standard InChI is InChI=1S/C17H13Cl2F3N2O2/c18-12-6-3-10(13(19)8-12)7-14(15(23)25)24-16(26)9-1-4-11(5-2-9)17(20,21)22/h1-6,8,14H,7H2,(H2,23,25)(H,24,26)/t14-/m1/s1. The van der Waals surface area contributed by atoms with Crippen molar-refractivity contribution in [1.29, 1.82) is 0 Å². The molecule has 9 heteroatoms. The minimum atomic E-state index is -4.50. The lowest BCUT2D eigenvalue weighted by atomic mass is 10.0. The summed E-state index contributed by atoms with van der Waals surface area (Å²) >= 11 is 11.8. The summed E-state index contributed by atoms with van der Waals surface area (Å²) in [6.45, 7) is 0. The van der Waals surface area contributed by atoms with Gasteiger partial charge in [-0.05, 0) is 42.0 Å². The summed E-state index contributed by atoms with van der Waals surface area (Å²) in [5, 5.41) is 3.10. The van der Waals surface area contributed by atoms with Crippen LogP contribution in [0.5, 0.6) is 0 Å². The van der Waals surface area contributed by atoms with Gasteiger partial charge in [-0.25, -0.2) is 0 Å². The summed E-state index contributed by atoms with van der Waals surface area (Å²) in [6, 6.07) is 7.15. The van der Waals surface area contributed by atoms with E-state index in [9.17, 15) is 22.8 Å². The number of nitrogens with one attached hydrogen (secondary N) is 1. The second-order valence-electron chi connectivity index (χ2n) is 5.44. The van der Waals surface area contributed by atoms with Crippen molar-refractivity contribution in [3.8, 4) is 0 Å². The molecule has 26 heavy (non-hydrogen) atoms. The maximum atomic E-state index is 12.6. The van der Waals surface area contributed by atoms with E-state index in [1.54, 1.807) is 12.1 Å². The number of amides is 2. The number of primary amides is 1. The largest absolute Gasteiger partial charge is 0.416 e. The van der Waals surface area contributed by atoms with Crippen molar-refractivity contribution in [3.63, 3.8) is 0 Å². The van der Waals surface area contributed by atoms with E-state index >= 15 is 0 Å². The fraction of sp³-hybridized carbons (Fsp3) is 0.176. The molecule has 1 atom stereocenters. The van der Waals surface area contributed by atoms with Crippen LogP contribution < -0.4 is 11.1 Å². The van der Waals surface area contributed by atoms with Crippen molar-refractivity contribution in [2.45, 2.75) is 18.6 Å². The molecule has 0 saturated heterocycles. The quantitative estimate of drug-likeness (QED) is 0.794. The molecule has 3 N–H and O–H groups in total. The summed E-state index contributed by atoms with van der Waals surface area (Å²) < 4.78 is 37.7. The van der Waals surface area contributed by atoms with Crippen LogP contribution in [0, 0.1) is 0 Å². The summed E-state index contributed by atoms with van der Waals surface area (Å²) in [5.74, 6) is -1.54. The maximum absolute atomic E-state index is 12.6. The van der Waals surface area contributed by atoms with Crippen molar-refractivity contribution in [2.75, 3.05) is 0 Å². The number of nitrogens with two attached hydrogens (primary N) is 1. The number of hydrogen-bond donors (Lipinski definition) is 2. The molecule has 0 aliphatic carbocycles. The van der Waals surface area contributed by atoms with E-state index in [4.69, 9.17) is 28.9 Å². The van der Waals surface area contributed by atoms with Crippen LogP contribution in [0.4, 0.5) is 13.2 Å². The van der Waals surface area contributed by atoms with Gasteiger partial charge in [0, 0.05) is 22.0 Å². The van der Waals surface area contributed by atoms with Crippen molar-refractivity contribution >= 4 is 35.0 Å². The molecular formula is C17H13Cl2F3N2O2. The molecule has 0 bridgehead atoms. The number of carbonyl (C=O) groups excluding carboxylic acids is 2. The number of carbonyl (C=O) groups is 2. The number of rotatable bonds is 5. The Labute approximate surface area is 157 Å². The van der Waals surface area contributed by atoms with E-state index in [-0.39, 0.29) is 12.0 Å². The van der Waals surface area contributed by atoms with Crippen molar-refractivity contribution < 1.29 is 22.8 Å². The number of benzene rings is 2. The summed E-state index contributed by atoms with van der Waals surface area (Å²) in [5.41, 5.74) is 4.92. The molecule has 0 aliphatic rings. The lowest BCUT2D eigenvalue weighted by molar-refractivity contribution is -0.137. The second-order valence-corrected chi connectivity index (χ2v) is 6.29. The molecule has 0 heterocycles. The fourth-order valence-electron chi connectivity index (χ4n) is 2.18. The van der Waals surface area contributed by atoms with E-state index in [2.05, 4.69) is 5.32 Å². The molecule has 4 nitrogen and oxygen atoms in total. The van der Waals surface area contributed by atoms with Gasteiger partial charge in [0.1, 0.15) is 6.04 Å². The average Bonchev–Trinajstić information content (AvgIpc) is 2.55. The first-order chi connectivity index (χ1) is 12.1. The van der Waals surface area contributed by atoms with Gasteiger partial charge in [-0.3, -0.25) is 9.59 Å². The predicted octanol–water partition coefficient (Wildman–Crippen LogP) is 3.84. The molecule has 0 fully saturated rings. The lowest BCUT2D eigenvalue weighted by Crippen LogP contribution is -2.45. The van der Waals surface area contributed by atoms with Crippen LogP contribution in [0.2, 0.25) is 10.0 Å². The molecular weight excluding hydrogens is 392 g/mol. The third-order valence-electron chi connectivity index (χ3n) is 3.56. The summed E-state index contributed by atoms with van der Waals surface area (Å²) in [4.78, 5) is 23.8. The zero-order valence-electron chi connectivity index (χ0n) is 13.1. The van der Waals surface area contributed by atoms with Crippen LogP contribution in [-0.4, -0.2) is 17.9 Å². The van der Waals surface area contributed by atoms with Gasteiger partial charge in [0.25, 0.3) is 5.91 Å². The Kier molecular flexibility index (Phi) is 6.15. The van der Waals surface area contributed by atoms with Crippen LogP contribution in [0.3, 0.4) is 0 Å². The number of alkyl halides is 3. The minimum Gasteiger partial charge on any atom is -0.368 e. The van der Waals surface area contributed by atoms with E-state index < -0.39 is 29.6 Å². The molecule has 0 unspecified atom stereocenters. The van der Waals surface area contributed by atoms with Gasteiger partial charge in [0.05, 0.1) is 5.56 Å². The topological polar surface area (TPSA) is 72.2 Å². The Morgan fingerprint density at radius 2 is 1.69 bits per heavy atom. The van der Waals surface area contributed by atoms with Crippen LogP contribution in [0.1, 0.15) is 21.5 Å². The van der Waals surface area contributed by atoms with Crippen LogP contribution in [-0.2, 0) is 17.4 Å². The van der Waals surface area contributed by atoms with Gasteiger partial charge in [0.2, 0.25) is 5.91 Å². The molecule has 2 aromatic rings. The SMILES string of the molecule is NC(=O)[C@@H](Cc1ccc(Cl)cc1Cl)NC(=O)c1ccc(C(F)(F)F)cc1. The highest BCUT2D eigenvalue weighted by molar-refractivity contribution is 6.35. The van der Waals surface area contributed by atoms with Crippen molar-refractivity contribution in [3.05, 3.63) is 69.2 Å². The highest BCUT2D eigenvalue weighted by atomic mass is 35.5. The maximum Gasteiger partial charge on any atom is 0.416 e. The third-order valence-corrected chi connectivity index (χ3v) is 4.15. The molecule has 0 aliphatic heterocycles. The zero-order valence-corrected chi connectivity index (χ0v) is 14.6. The number of hydrogen-bond acceptors (Lipinski definition) is 2. The fourth-order valence-corrected chi connectivity index (χ4v) is 2.67. The normalized spacial score (nSPS) is 12.5. The predicted molar refractivity (Wildman–Crippen MR) is 92.1 cm³/mol. The average molecular weight is 405 g/mol. The van der Waals surface area contributed by atoms with Gasteiger partial charge in [-0.15, -0.1) is 0 Å². The molecule has 0 saturated carbocycles. The molecule has 138 valence electrons. The molecule has 0 aromatic heterocycles. The summed E-state index contributed by atoms with van der Waals surface area (Å²) in [7, 11) is 0. The van der Waals surface area contributed by atoms with E-state index in [0.717, 1.165) is 24.3 Å². The van der Waals surface area contributed by atoms with E-state index in [1.807, 2.05) is 0 Å². The summed E-state index contributed by atoms with van der Waals surface area (Å²) in [6.07, 6.45) is -4.49. The highest BCUT2D eigenvalue weighted by Gasteiger charge is 2.30. The van der Waals surface area contributed by atoms with E-state index in [0.29, 0.717) is 15.6 Å². The van der Waals surface area contributed by atoms with Crippen molar-refractivity contribution in [1.82, 2.24) is 5.32 Å². The molecule has 2 amide bonds. The second kappa shape index (κ2) is 7.97. The Bertz CT molecular complexity index is 824. The monoisotopic (exact) mass is 404 g/mol. The van der Waals surface area contributed by atoms with Gasteiger partial charge in [0.15, 0.2) is 0 Å². The molecule has 2 aromatic carbocycles. The Balaban J connectivity index is 2.14. The van der Waals surface area contributed by atoms with Gasteiger partial charge >= 0.3 is 6.18 Å². The number of halogens is 5. The Hall–Kier alpha value is -2.25. The first-order valence-corrected chi connectivity index (χ1v) is 8.05. The lowest BCUT2D eigenvalue weighted by Gasteiger charge is -2.17. The van der Waals surface area contributed by atoms with Crippen LogP contribution in [0.25, 0.3) is 0 Å². The van der Waals surface area contributed by atoms with Crippen LogP contribution in [0.15, 0.2) is 42.5 Å². The van der Waals surface area contributed by atoms with Gasteiger partial charge in [-0.1, -0.05) is 29.3 Å². The third kappa shape index (κ3) is 5.12. The molecule has 0 radical (unpaired) electrons. The first-order valence-electron chi connectivity index (χ1n) is 7.29. The molecule has 2 rings (SSSR count). The Morgan fingerprint density at radius 1 is 1.08 bits per heavy atom. The highest BCUT2D eigenvalue weighted by Crippen LogP contribution is 2.29. The van der Waals surface area contributed by atoms with Gasteiger partial charge < -0.3 is 11.1 Å². The van der Waals surface area contributed by atoms with Crippen LogP contribution >= 0.6 is 23.2 Å². The van der Waals surface area contributed by atoms with Crippen molar-refractivity contribution in [2.24, 2.45) is 5.73 Å². The van der Waals surface area contributed by atoms with Gasteiger partial charge in [-0.2, -0.15) is 13.2 Å². The Morgan fingerprint density at radius 3 is 2.19 bits per heavy atom. The first kappa shape index (κ1) is 20.1. The zero-order chi connectivity index (χ0) is 19.5. The molecule has 0 spiro atoms. The smallest absolute Gasteiger partial charge is 0.368 e. The minimum absolute atomic E-state index is 0.0116.